The lowest BCUT2D eigenvalue weighted by atomic mass is 10.1. The number of rotatable bonds is 5. The minimum absolute atomic E-state index is 0.0324. The van der Waals surface area contributed by atoms with Crippen LogP contribution in [-0.4, -0.2) is 31.4 Å². The summed E-state index contributed by atoms with van der Waals surface area (Å²) in [7, 11) is -2.26. The van der Waals surface area contributed by atoms with Crippen LogP contribution in [0.25, 0.3) is 0 Å². The van der Waals surface area contributed by atoms with E-state index in [0.29, 0.717) is 6.04 Å². The Morgan fingerprint density at radius 2 is 0.850 bits per heavy atom. The molecule has 0 rings (SSSR count). The lowest BCUT2D eigenvalue weighted by Crippen LogP contribution is -2.88. The molecule has 20 heavy (non-hydrogen) atoms. The molecule has 0 spiro atoms. The van der Waals surface area contributed by atoms with Gasteiger partial charge in [-0.1, -0.05) is 13.8 Å². The zero-order valence-electron chi connectivity index (χ0n) is 15.6. The average Bonchev–Trinajstić information content (AvgIpc) is 1.86. The molecule has 0 fully saturated rings. The lowest BCUT2D eigenvalue weighted by molar-refractivity contribution is 0.399. The van der Waals surface area contributed by atoms with Crippen LogP contribution >= 0.6 is 0 Å². The van der Waals surface area contributed by atoms with Crippen LogP contribution < -0.4 is 19.9 Å². The molecule has 0 radical (unpaired) electrons. The molecule has 0 amide bonds. The SMILES string of the molecule is CC(C)N[Si](NC(C)(C)C)(NC(C)(C)C)NC(C)(C)C. The Morgan fingerprint density at radius 3 is 1.00 bits per heavy atom. The van der Waals surface area contributed by atoms with Gasteiger partial charge in [0.1, 0.15) is 0 Å². The van der Waals surface area contributed by atoms with Crippen LogP contribution in [0.4, 0.5) is 0 Å². The molecule has 0 atom stereocenters. The molecule has 0 aromatic rings. The summed E-state index contributed by atoms with van der Waals surface area (Å²) < 4.78 is 0. The summed E-state index contributed by atoms with van der Waals surface area (Å²) in [6.07, 6.45) is 0. The van der Waals surface area contributed by atoms with E-state index >= 15 is 0 Å². The normalized spacial score (nSPS) is 15.0. The van der Waals surface area contributed by atoms with Crippen LogP contribution in [0, 0.1) is 0 Å². The van der Waals surface area contributed by atoms with Crippen LogP contribution in [0.15, 0.2) is 0 Å². The van der Waals surface area contributed by atoms with Crippen LogP contribution in [-0.2, 0) is 0 Å². The Morgan fingerprint density at radius 1 is 0.600 bits per heavy atom. The van der Waals surface area contributed by atoms with E-state index in [9.17, 15) is 0 Å². The van der Waals surface area contributed by atoms with Gasteiger partial charge < -0.3 is 0 Å². The smallest absolute Gasteiger partial charge is 0.298 e. The van der Waals surface area contributed by atoms with Gasteiger partial charge in [0.15, 0.2) is 0 Å². The molecular formula is C15H38N4Si. The van der Waals surface area contributed by atoms with Crippen LogP contribution in [0.3, 0.4) is 0 Å². The largest absolute Gasteiger partial charge is 0.367 e. The standard InChI is InChI=1S/C15H38N4Si/c1-12(2)16-20(17-13(3,4)5,18-14(6,7)8)19-15(9,10)11/h12,16-19H,1-11H3. The van der Waals surface area contributed by atoms with Crippen molar-refractivity contribution >= 4 is 8.72 Å². The maximum absolute atomic E-state index is 3.82. The second-order valence-corrected chi connectivity index (χ2v) is 11.7. The molecule has 0 aromatic carbocycles. The molecule has 0 saturated heterocycles. The van der Waals surface area contributed by atoms with Crippen molar-refractivity contribution < 1.29 is 0 Å². The Hall–Kier alpha value is 0.0569. The third kappa shape index (κ3) is 9.88. The molecule has 5 heteroatoms. The highest BCUT2D eigenvalue weighted by atomic mass is 28.4. The van der Waals surface area contributed by atoms with Crippen LogP contribution in [0.5, 0.6) is 0 Å². The molecule has 0 aliphatic rings. The van der Waals surface area contributed by atoms with Crippen molar-refractivity contribution in [3.8, 4) is 0 Å². The summed E-state index contributed by atoms with van der Waals surface area (Å²) in [5.41, 5.74) is 0.0971. The van der Waals surface area contributed by atoms with Crippen molar-refractivity contribution in [1.82, 2.24) is 19.9 Å². The van der Waals surface area contributed by atoms with Gasteiger partial charge in [-0.05, 0) is 68.4 Å². The number of nitrogens with one attached hydrogen (secondary N) is 4. The predicted octanol–water partition coefficient (Wildman–Crippen LogP) is 2.58. The molecule has 0 unspecified atom stereocenters. The topological polar surface area (TPSA) is 48.1 Å². The predicted molar refractivity (Wildman–Crippen MR) is 92.7 cm³/mol. The molecular weight excluding hydrogens is 264 g/mol. The Balaban J connectivity index is 5.50. The molecule has 0 aromatic heterocycles. The van der Waals surface area contributed by atoms with Crippen LogP contribution in [0.1, 0.15) is 76.2 Å². The first kappa shape index (κ1) is 20.1. The quantitative estimate of drug-likeness (QED) is 0.590. The van der Waals surface area contributed by atoms with Gasteiger partial charge in [0, 0.05) is 16.6 Å². The summed E-state index contributed by atoms with van der Waals surface area (Å²) in [4.78, 5) is 15.2. The van der Waals surface area contributed by atoms with Crippen molar-refractivity contribution in [3.05, 3.63) is 0 Å². The molecule has 4 nitrogen and oxygen atoms in total. The van der Waals surface area contributed by atoms with Gasteiger partial charge in [0.25, 0.3) is 0 Å². The Labute approximate surface area is 128 Å². The van der Waals surface area contributed by atoms with E-state index < -0.39 is 8.72 Å². The molecule has 0 aliphatic carbocycles. The van der Waals surface area contributed by atoms with Crippen LogP contribution in [0.2, 0.25) is 0 Å². The van der Waals surface area contributed by atoms with Gasteiger partial charge in [0.2, 0.25) is 0 Å². The van der Waals surface area contributed by atoms with E-state index in [1.807, 2.05) is 0 Å². The van der Waals surface area contributed by atoms with Gasteiger partial charge in [-0.3, -0.25) is 19.9 Å². The van der Waals surface area contributed by atoms with E-state index in [1.54, 1.807) is 0 Å². The third-order valence-corrected chi connectivity index (χ3v) is 6.58. The van der Waals surface area contributed by atoms with Gasteiger partial charge in [-0.25, -0.2) is 0 Å². The Bertz CT molecular complexity index is 254. The van der Waals surface area contributed by atoms with E-state index in [-0.39, 0.29) is 16.6 Å². The highest BCUT2D eigenvalue weighted by Crippen LogP contribution is 2.11. The first-order chi connectivity index (χ1) is 8.54. The first-order valence-corrected chi connectivity index (χ1v) is 9.69. The summed E-state index contributed by atoms with van der Waals surface area (Å²) in [6.45, 7) is 24.3. The van der Waals surface area contributed by atoms with Crippen molar-refractivity contribution in [2.24, 2.45) is 0 Å². The van der Waals surface area contributed by atoms with Gasteiger partial charge in [0.05, 0.1) is 0 Å². The maximum Gasteiger partial charge on any atom is 0.367 e. The van der Waals surface area contributed by atoms with E-state index in [2.05, 4.69) is 96.1 Å². The van der Waals surface area contributed by atoms with E-state index in [0.717, 1.165) is 0 Å². The van der Waals surface area contributed by atoms with Crippen molar-refractivity contribution in [2.75, 3.05) is 0 Å². The minimum Gasteiger partial charge on any atom is -0.298 e. The third-order valence-electron chi connectivity index (χ3n) is 2.19. The zero-order chi connectivity index (χ0) is 16.4. The molecule has 0 aliphatic heterocycles. The minimum atomic E-state index is -2.26. The van der Waals surface area contributed by atoms with Gasteiger partial charge >= 0.3 is 8.72 Å². The highest BCUT2D eigenvalue weighted by molar-refractivity contribution is 6.70. The van der Waals surface area contributed by atoms with E-state index in [4.69, 9.17) is 0 Å². The second-order valence-electron chi connectivity index (χ2n) is 9.17. The first-order valence-electron chi connectivity index (χ1n) is 7.69. The number of hydrogen-bond donors (Lipinski definition) is 4. The molecule has 122 valence electrons. The highest BCUT2D eigenvalue weighted by Gasteiger charge is 2.44. The average molecular weight is 303 g/mol. The van der Waals surface area contributed by atoms with Gasteiger partial charge in [-0.15, -0.1) is 0 Å². The fourth-order valence-corrected chi connectivity index (χ4v) is 6.97. The summed E-state index contributed by atoms with van der Waals surface area (Å²) in [5, 5.41) is 0. The Kier molecular flexibility index (Phi) is 6.46. The molecule has 0 bridgehead atoms. The second kappa shape index (κ2) is 6.44. The van der Waals surface area contributed by atoms with Crippen molar-refractivity contribution in [3.63, 3.8) is 0 Å². The molecule has 0 heterocycles. The zero-order valence-corrected chi connectivity index (χ0v) is 16.6. The van der Waals surface area contributed by atoms with Gasteiger partial charge in [-0.2, -0.15) is 0 Å². The summed E-state index contributed by atoms with van der Waals surface area (Å²) in [5.74, 6) is 0. The fraction of sp³-hybridized carbons (Fsp3) is 1.00. The fourth-order valence-electron chi connectivity index (χ4n) is 2.32. The van der Waals surface area contributed by atoms with Crippen molar-refractivity contribution in [1.29, 1.82) is 0 Å². The summed E-state index contributed by atoms with van der Waals surface area (Å²) in [6, 6.07) is 0.404. The van der Waals surface area contributed by atoms with Crippen molar-refractivity contribution in [2.45, 2.75) is 98.8 Å². The maximum atomic E-state index is 3.82. The molecule has 0 saturated carbocycles. The summed E-state index contributed by atoms with van der Waals surface area (Å²) >= 11 is 0. The molecule has 4 N–H and O–H groups in total. The lowest BCUT2D eigenvalue weighted by Gasteiger charge is -2.47. The number of hydrogen-bond acceptors (Lipinski definition) is 4. The monoisotopic (exact) mass is 302 g/mol. The van der Waals surface area contributed by atoms with E-state index in [1.165, 1.54) is 0 Å².